The first-order chi connectivity index (χ1) is 9.56. The molecule has 2 N–H and O–H groups in total. The Morgan fingerprint density at radius 3 is 2.60 bits per heavy atom. The normalized spacial score (nSPS) is 13.9. The third kappa shape index (κ3) is 1.95. The summed E-state index contributed by atoms with van der Waals surface area (Å²) in [6.45, 7) is 2.61. The predicted molar refractivity (Wildman–Crippen MR) is 73.2 cm³/mol. The maximum atomic E-state index is 12.2. The number of carbonyl (C=O) groups is 2. The van der Waals surface area contributed by atoms with Crippen LogP contribution in [0.1, 0.15) is 26.3 Å². The van der Waals surface area contributed by atoms with Crippen molar-refractivity contribution in [2.75, 3.05) is 12.3 Å². The van der Waals surface area contributed by atoms with Crippen LogP contribution < -0.4 is 5.73 Å². The number of hydrogen-bond donors (Lipinski definition) is 1. The average molecular weight is 270 g/mol. The van der Waals surface area contributed by atoms with Crippen molar-refractivity contribution in [2.24, 2.45) is 0 Å². The minimum absolute atomic E-state index is 0.242. The van der Waals surface area contributed by atoms with Crippen molar-refractivity contribution in [2.45, 2.75) is 13.5 Å². The Morgan fingerprint density at radius 2 is 1.90 bits per heavy atom. The topological polar surface area (TPSA) is 81.2 Å². The van der Waals surface area contributed by atoms with Gasteiger partial charge in [0, 0.05) is 12.7 Å². The predicted octanol–water partition coefficient (Wildman–Crippen LogP) is 1.07. The van der Waals surface area contributed by atoms with Crippen LogP contribution in [0.15, 0.2) is 30.6 Å². The van der Waals surface area contributed by atoms with Gasteiger partial charge in [0.05, 0.1) is 29.6 Å². The first-order valence-electron chi connectivity index (χ1n) is 6.31. The molecule has 6 heteroatoms. The molecule has 0 fully saturated rings. The number of nitrogens with zero attached hydrogens (tertiary/aromatic N) is 3. The molecule has 20 heavy (non-hydrogen) atoms. The van der Waals surface area contributed by atoms with Crippen molar-refractivity contribution >= 4 is 17.5 Å². The molecule has 1 aliphatic rings. The summed E-state index contributed by atoms with van der Waals surface area (Å²) >= 11 is 0. The van der Waals surface area contributed by atoms with E-state index in [1.54, 1.807) is 23.0 Å². The van der Waals surface area contributed by atoms with Crippen molar-refractivity contribution in [3.8, 4) is 0 Å². The van der Waals surface area contributed by atoms with Crippen LogP contribution >= 0.6 is 0 Å². The van der Waals surface area contributed by atoms with Crippen LogP contribution in [-0.2, 0) is 6.54 Å². The van der Waals surface area contributed by atoms with Gasteiger partial charge >= 0.3 is 0 Å². The molecule has 0 saturated carbocycles. The molecule has 102 valence electrons. The van der Waals surface area contributed by atoms with E-state index in [0.717, 1.165) is 5.56 Å². The number of hydrogen-bond acceptors (Lipinski definition) is 4. The van der Waals surface area contributed by atoms with Crippen LogP contribution in [0, 0.1) is 6.92 Å². The molecule has 1 aromatic carbocycles. The van der Waals surface area contributed by atoms with E-state index in [9.17, 15) is 9.59 Å². The minimum atomic E-state index is -0.245. The Morgan fingerprint density at radius 1 is 1.15 bits per heavy atom. The van der Waals surface area contributed by atoms with Gasteiger partial charge in [0.15, 0.2) is 0 Å². The lowest BCUT2D eigenvalue weighted by atomic mass is 10.1. The fraction of sp³-hybridized carbons (Fsp3) is 0.214. The summed E-state index contributed by atoms with van der Waals surface area (Å²) in [5.74, 6) is -0.487. The highest BCUT2D eigenvalue weighted by molar-refractivity contribution is 6.21. The van der Waals surface area contributed by atoms with Crippen molar-refractivity contribution in [1.29, 1.82) is 0 Å². The van der Waals surface area contributed by atoms with Gasteiger partial charge in [0.1, 0.15) is 0 Å². The van der Waals surface area contributed by atoms with Gasteiger partial charge < -0.3 is 5.73 Å². The summed E-state index contributed by atoms with van der Waals surface area (Å²) in [6, 6.07) is 5.29. The van der Waals surface area contributed by atoms with Crippen LogP contribution in [0.4, 0.5) is 5.69 Å². The number of nitrogen functional groups attached to an aromatic ring is 1. The van der Waals surface area contributed by atoms with Crippen LogP contribution in [0.2, 0.25) is 0 Å². The Labute approximate surface area is 115 Å². The number of anilines is 1. The lowest BCUT2D eigenvalue weighted by Crippen LogP contribution is -2.33. The smallest absolute Gasteiger partial charge is 0.261 e. The number of fused-ring (bicyclic) bond motifs is 1. The molecule has 2 aromatic rings. The van der Waals surface area contributed by atoms with Gasteiger partial charge in [0.2, 0.25) is 0 Å². The maximum absolute atomic E-state index is 12.2. The summed E-state index contributed by atoms with van der Waals surface area (Å²) in [5, 5.41) is 4.03. The van der Waals surface area contributed by atoms with E-state index in [4.69, 9.17) is 5.73 Å². The third-order valence-electron chi connectivity index (χ3n) is 3.33. The monoisotopic (exact) mass is 270 g/mol. The molecule has 0 spiro atoms. The molecule has 2 heterocycles. The Balaban J connectivity index is 1.79. The van der Waals surface area contributed by atoms with E-state index in [1.807, 2.05) is 13.0 Å². The van der Waals surface area contributed by atoms with E-state index < -0.39 is 0 Å². The summed E-state index contributed by atoms with van der Waals surface area (Å²) < 4.78 is 1.62. The van der Waals surface area contributed by atoms with E-state index in [1.165, 1.54) is 11.1 Å². The van der Waals surface area contributed by atoms with Crippen LogP contribution in [0.25, 0.3) is 0 Å². The molecule has 6 nitrogen and oxygen atoms in total. The molecule has 0 bridgehead atoms. The van der Waals surface area contributed by atoms with Crippen LogP contribution in [0.3, 0.4) is 0 Å². The zero-order chi connectivity index (χ0) is 14.3. The van der Waals surface area contributed by atoms with Crippen LogP contribution in [-0.4, -0.2) is 33.0 Å². The van der Waals surface area contributed by atoms with Gasteiger partial charge in [-0.25, -0.2) is 0 Å². The Kier molecular flexibility index (Phi) is 2.78. The zero-order valence-corrected chi connectivity index (χ0v) is 11.0. The van der Waals surface area contributed by atoms with Crippen molar-refractivity contribution in [1.82, 2.24) is 14.7 Å². The van der Waals surface area contributed by atoms with Crippen molar-refractivity contribution < 1.29 is 9.59 Å². The van der Waals surface area contributed by atoms with E-state index in [-0.39, 0.29) is 18.4 Å². The molecule has 0 unspecified atom stereocenters. The van der Waals surface area contributed by atoms with Crippen molar-refractivity contribution in [3.63, 3.8) is 0 Å². The van der Waals surface area contributed by atoms with Crippen molar-refractivity contribution in [3.05, 3.63) is 47.3 Å². The number of imide groups is 1. The quantitative estimate of drug-likeness (QED) is 0.846. The summed E-state index contributed by atoms with van der Waals surface area (Å²) in [7, 11) is 0. The number of rotatable bonds is 3. The molecule has 1 aliphatic heterocycles. The van der Waals surface area contributed by atoms with E-state index in [0.29, 0.717) is 23.4 Å². The van der Waals surface area contributed by atoms with Gasteiger partial charge in [-0.15, -0.1) is 0 Å². The fourth-order valence-electron chi connectivity index (χ4n) is 2.31. The highest BCUT2D eigenvalue weighted by atomic mass is 16.2. The van der Waals surface area contributed by atoms with Crippen LogP contribution in [0.5, 0.6) is 0 Å². The first kappa shape index (κ1) is 12.4. The molecule has 1 aromatic heterocycles. The number of aryl methyl sites for hydroxylation is 1. The molecule has 2 amide bonds. The number of nitrogens with two attached hydrogens (primary N) is 1. The third-order valence-corrected chi connectivity index (χ3v) is 3.33. The van der Waals surface area contributed by atoms with E-state index in [2.05, 4.69) is 5.10 Å². The largest absolute Gasteiger partial charge is 0.396 e. The molecular formula is C14H14N4O2. The minimum Gasteiger partial charge on any atom is -0.396 e. The van der Waals surface area contributed by atoms with Gasteiger partial charge in [-0.3, -0.25) is 19.2 Å². The van der Waals surface area contributed by atoms with Gasteiger partial charge in [-0.2, -0.15) is 5.10 Å². The Bertz CT molecular complexity index is 705. The number of carbonyl (C=O) groups excluding carboxylic acids is 2. The molecule has 0 aliphatic carbocycles. The first-order valence-corrected chi connectivity index (χ1v) is 6.31. The number of amides is 2. The van der Waals surface area contributed by atoms with E-state index >= 15 is 0 Å². The Hall–Kier alpha value is -2.63. The molecule has 0 saturated heterocycles. The van der Waals surface area contributed by atoms with Gasteiger partial charge in [-0.1, -0.05) is 11.6 Å². The number of benzene rings is 1. The molecule has 0 radical (unpaired) electrons. The molecule has 0 atom stereocenters. The SMILES string of the molecule is Cc1ccc2c(c1)C(=O)N(CCn1cc(N)cn1)C2=O. The summed E-state index contributed by atoms with van der Waals surface area (Å²) in [4.78, 5) is 25.7. The van der Waals surface area contributed by atoms with Gasteiger partial charge in [0.25, 0.3) is 11.8 Å². The lowest BCUT2D eigenvalue weighted by Gasteiger charge is -2.13. The second kappa shape index (κ2) is 4.48. The zero-order valence-electron chi connectivity index (χ0n) is 11.0. The second-order valence-electron chi connectivity index (χ2n) is 4.85. The fourth-order valence-corrected chi connectivity index (χ4v) is 2.31. The average Bonchev–Trinajstić information content (AvgIpc) is 2.92. The lowest BCUT2D eigenvalue weighted by molar-refractivity contribution is 0.0647. The highest BCUT2D eigenvalue weighted by Gasteiger charge is 2.35. The highest BCUT2D eigenvalue weighted by Crippen LogP contribution is 2.23. The molecular weight excluding hydrogens is 256 g/mol. The standard InChI is InChI=1S/C14H14N4O2/c1-9-2-3-11-12(6-9)14(20)18(13(11)19)5-4-17-8-10(15)7-16-17/h2-3,6-8H,4-5,15H2,1H3. The second-order valence-corrected chi connectivity index (χ2v) is 4.85. The molecule has 3 rings (SSSR count). The number of aromatic nitrogens is 2. The van der Waals surface area contributed by atoms with Gasteiger partial charge in [-0.05, 0) is 19.1 Å². The maximum Gasteiger partial charge on any atom is 0.261 e. The summed E-state index contributed by atoms with van der Waals surface area (Å²) in [5.41, 5.74) is 8.05. The summed E-state index contributed by atoms with van der Waals surface area (Å²) in [6.07, 6.45) is 3.20.